The number of rotatable bonds is 3. The van der Waals surface area contributed by atoms with Gasteiger partial charge in [-0.15, -0.1) is 0 Å². The van der Waals surface area contributed by atoms with Gasteiger partial charge in [-0.2, -0.15) is 5.10 Å². The van der Waals surface area contributed by atoms with Crippen molar-refractivity contribution in [2.75, 3.05) is 0 Å². The quantitative estimate of drug-likeness (QED) is 0.829. The van der Waals surface area contributed by atoms with Crippen LogP contribution in [0.3, 0.4) is 0 Å². The smallest absolute Gasteiger partial charge is 0.251 e. The molecular weight excluding hydrogens is 242 g/mol. The van der Waals surface area contributed by atoms with Gasteiger partial charge < -0.3 is 11.5 Å². The Hall–Kier alpha value is -1.92. The van der Waals surface area contributed by atoms with Gasteiger partial charge in [-0.05, 0) is 11.6 Å². The molecule has 0 aliphatic carbocycles. The number of halogens is 1. The van der Waals surface area contributed by atoms with E-state index in [1.807, 2.05) is 0 Å². The van der Waals surface area contributed by atoms with E-state index < -0.39 is 5.91 Å². The lowest BCUT2D eigenvalue weighted by atomic mass is 10.2. The summed E-state index contributed by atoms with van der Waals surface area (Å²) in [6, 6.07) is 1.73. The van der Waals surface area contributed by atoms with E-state index in [1.165, 1.54) is 17.1 Å². The summed E-state index contributed by atoms with van der Waals surface area (Å²) in [4.78, 5) is 15.0. The predicted molar refractivity (Wildman–Crippen MR) is 62.8 cm³/mol. The second-order valence-electron chi connectivity index (χ2n) is 3.35. The van der Waals surface area contributed by atoms with Gasteiger partial charge >= 0.3 is 0 Å². The van der Waals surface area contributed by atoms with Crippen molar-refractivity contribution in [1.29, 1.82) is 0 Å². The first-order valence-corrected chi connectivity index (χ1v) is 5.19. The molecule has 0 saturated heterocycles. The summed E-state index contributed by atoms with van der Waals surface area (Å²) >= 11 is 6.11. The average molecular weight is 252 g/mol. The van der Waals surface area contributed by atoms with Crippen LogP contribution in [0.4, 0.5) is 0 Å². The van der Waals surface area contributed by atoms with E-state index in [9.17, 15) is 4.79 Å². The van der Waals surface area contributed by atoms with Crippen LogP contribution in [0.5, 0.6) is 0 Å². The molecule has 0 saturated carbocycles. The van der Waals surface area contributed by atoms with Crippen LogP contribution in [-0.2, 0) is 6.54 Å². The van der Waals surface area contributed by atoms with Crippen LogP contribution in [0.25, 0.3) is 5.82 Å². The zero-order valence-electron chi connectivity index (χ0n) is 8.80. The molecule has 6 nitrogen and oxygen atoms in total. The third-order valence-electron chi connectivity index (χ3n) is 2.25. The Morgan fingerprint density at radius 2 is 2.29 bits per heavy atom. The molecule has 4 N–H and O–H groups in total. The number of hydrogen-bond donors (Lipinski definition) is 2. The number of pyridine rings is 1. The Morgan fingerprint density at radius 3 is 2.88 bits per heavy atom. The van der Waals surface area contributed by atoms with E-state index in [2.05, 4.69) is 10.1 Å². The maximum absolute atomic E-state index is 10.9. The van der Waals surface area contributed by atoms with Crippen molar-refractivity contribution in [1.82, 2.24) is 14.8 Å². The van der Waals surface area contributed by atoms with Crippen LogP contribution in [-0.4, -0.2) is 20.7 Å². The number of aromatic nitrogens is 3. The minimum atomic E-state index is -0.553. The monoisotopic (exact) mass is 251 g/mol. The van der Waals surface area contributed by atoms with Crippen molar-refractivity contribution < 1.29 is 4.79 Å². The summed E-state index contributed by atoms with van der Waals surface area (Å²) in [7, 11) is 0. The summed E-state index contributed by atoms with van der Waals surface area (Å²) in [5.41, 5.74) is 11.7. The summed E-state index contributed by atoms with van der Waals surface area (Å²) < 4.78 is 1.39. The van der Waals surface area contributed by atoms with Gasteiger partial charge in [0.05, 0.1) is 16.8 Å². The molecule has 0 spiro atoms. The van der Waals surface area contributed by atoms with Crippen LogP contribution in [0.2, 0.25) is 5.02 Å². The van der Waals surface area contributed by atoms with E-state index in [-0.39, 0.29) is 0 Å². The fraction of sp³-hybridized carbons (Fsp3) is 0.100. The summed E-state index contributed by atoms with van der Waals surface area (Å²) in [6.07, 6.45) is 4.40. The van der Waals surface area contributed by atoms with Gasteiger partial charge in [0, 0.05) is 18.9 Å². The molecular formula is C10H10ClN5O. The first kappa shape index (κ1) is 11.6. The molecule has 0 radical (unpaired) electrons. The highest BCUT2D eigenvalue weighted by atomic mass is 35.5. The molecule has 0 atom stereocenters. The van der Waals surface area contributed by atoms with E-state index >= 15 is 0 Å². The van der Waals surface area contributed by atoms with Crippen LogP contribution in [0.15, 0.2) is 24.7 Å². The van der Waals surface area contributed by atoms with E-state index in [0.717, 1.165) is 5.56 Å². The van der Waals surface area contributed by atoms with E-state index in [4.69, 9.17) is 23.1 Å². The van der Waals surface area contributed by atoms with Crippen molar-refractivity contribution in [3.63, 3.8) is 0 Å². The number of amides is 1. The van der Waals surface area contributed by atoms with Gasteiger partial charge in [0.1, 0.15) is 0 Å². The van der Waals surface area contributed by atoms with Crippen molar-refractivity contribution in [3.8, 4) is 5.82 Å². The third-order valence-corrected chi connectivity index (χ3v) is 2.67. The van der Waals surface area contributed by atoms with Gasteiger partial charge in [-0.25, -0.2) is 9.67 Å². The van der Waals surface area contributed by atoms with E-state index in [1.54, 1.807) is 12.3 Å². The molecule has 1 amide bonds. The Bertz CT molecular complexity index is 566. The van der Waals surface area contributed by atoms with Crippen molar-refractivity contribution >= 4 is 17.5 Å². The molecule has 2 rings (SSSR count). The van der Waals surface area contributed by atoms with Gasteiger partial charge in [0.25, 0.3) is 5.91 Å². The normalized spacial score (nSPS) is 10.5. The fourth-order valence-corrected chi connectivity index (χ4v) is 1.63. The highest BCUT2D eigenvalue weighted by Gasteiger charge is 2.11. The highest BCUT2D eigenvalue weighted by molar-refractivity contribution is 6.32. The molecule has 88 valence electrons. The predicted octanol–water partition coefficient (Wildman–Crippen LogP) is 0.478. The van der Waals surface area contributed by atoms with Gasteiger partial charge in [-0.3, -0.25) is 4.79 Å². The Morgan fingerprint density at radius 1 is 1.53 bits per heavy atom. The third kappa shape index (κ3) is 2.13. The van der Waals surface area contributed by atoms with Crippen LogP contribution < -0.4 is 11.5 Å². The molecule has 7 heteroatoms. The van der Waals surface area contributed by atoms with Crippen molar-refractivity contribution in [3.05, 3.63) is 40.8 Å². The van der Waals surface area contributed by atoms with Crippen LogP contribution in [0.1, 0.15) is 15.9 Å². The molecule has 0 aliphatic heterocycles. The topological polar surface area (TPSA) is 99.8 Å². The molecule has 0 bridgehead atoms. The lowest BCUT2D eigenvalue weighted by Crippen LogP contribution is -2.09. The molecule has 17 heavy (non-hydrogen) atoms. The van der Waals surface area contributed by atoms with Crippen molar-refractivity contribution in [2.45, 2.75) is 6.54 Å². The van der Waals surface area contributed by atoms with Crippen LogP contribution >= 0.6 is 11.6 Å². The van der Waals surface area contributed by atoms with Gasteiger partial charge in [0.2, 0.25) is 0 Å². The second kappa shape index (κ2) is 4.52. The Balaban J connectivity index is 2.49. The molecule has 0 aromatic carbocycles. The molecule has 2 heterocycles. The first-order valence-electron chi connectivity index (χ1n) is 4.81. The minimum Gasteiger partial charge on any atom is -0.366 e. The van der Waals surface area contributed by atoms with Crippen LogP contribution in [0, 0.1) is 0 Å². The molecule has 2 aromatic rings. The summed E-state index contributed by atoms with van der Waals surface area (Å²) in [5, 5.41) is 4.38. The lowest BCUT2D eigenvalue weighted by Gasteiger charge is -2.06. The van der Waals surface area contributed by atoms with Gasteiger partial charge in [-0.1, -0.05) is 11.6 Å². The Labute approximate surface area is 102 Å². The number of hydrogen-bond acceptors (Lipinski definition) is 4. The zero-order chi connectivity index (χ0) is 12.4. The summed E-state index contributed by atoms with van der Waals surface area (Å²) in [5.74, 6) is -0.135. The van der Waals surface area contributed by atoms with E-state index in [0.29, 0.717) is 22.9 Å². The SMILES string of the molecule is NCc1ccnc(-n2cc(C(N)=O)cn2)c1Cl. The van der Waals surface area contributed by atoms with Crippen molar-refractivity contribution in [2.24, 2.45) is 11.5 Å². The maximum atomic E-state index is 10.9. The highest BCUT2D eigenvalue weighted by Crippen LogP contribution is 2.21. The van der Waals surface area contributed by atoms with Gasteiger partial charge in [0.15, 0.2) is 5.82 Å². The molecule has 0 unspecified atom stereocenters. The fourth-order valence-electron chi connectivity index (χ4n) is 1.35. The molecule has 0 fully saturated rings. The number of nitrogens with zero attached hydrogens (tertiary/aromatic N) is 3. The average Bonchev–Trinajstić information content (AvgIpc) is 2.78. The number of primary amides is 1. The molecule has 2 aromatic heterocycles. The maximum Gasteiger partial charge on any atom is 0.251 e. The Kier molecular flexibility index (Phi) is 3.08. The standard InChI is InChI=1S/C10H10ClN5O/c11-8-6(3-12)1-2-14-10(8)16-5-7(4-15-16)9(13)17/h1-2,4-5H,3,12H2,(H2,13,17). The zero-order valence-corrected chi connectivity index (χ0v) is 9.55. The number of carbonyl (C=O) groups is 1. The number of carbonyl (C=O) groups excluding carboxylic acids is 1. The summed E-state index contributed by atoms with van der Waals surface area (Å²) in [6.45, 7) is 0.304. The minimum absolute atomic E-state index is 0.293. The largest absolute Gasteiger partial charge is 0.366 e. The number of nitrogens with two attached hydrogens (primary N) is 2. The lowest BCUT2D eigenvalue weighted by molar-refractivity contribution is 0.100. The first-order chi connectivity index (χ1) is 8.13. The molecule has 0 aliphatic rings. The second-order valence-corrected chi connectivity index (χ2v) is 3.73.